The van der Waals surface area contributed by atoms with Gasteiger partial charge < -0.3 is 18.9 Å². The molecule has 0 aromatic heterocycles. The number of benzene rings is 2. The Hall–Kier alpha value is -2.79. The van der Waals surface area contributed by atoms with Crippen LogP contribution in [0, 0.1) is 0 Å². The monoisotopic (exact) mass is 536 g/mol. The molecule has 1 heterocycles. The molecule has 0 spiro atoms. The van der Waals surface area contributed by atoms with E-state index >= 15 is 0 Å². The van der Waals surface area contributed by atoms with Gasteiger partial charge in [0.2, 0.25) is 0 Å². The van der Waals surface area contributed by atoms with Crippen molar-refractivity contribution in [3.05, 3.63) is 61.2 Å². The first kappa shape index (κ1) is 30.7. The van der Waals surface area contributed by atoms with Crippen molar-refractivity contribution in [3.63, 3.8) is 0 Å². The van der Waals surface area contributed by atoms with Crippen LogP contribution in [0.2, 0.25) is 0 Å². The van der Waals surface area contributed by atoms with Gasteiger partial charge in [0.25, 0.3) is 0 Å². The van der Waals surface area contributed by atoms with Crippen molar-refractivity contribution < 1.29 is 23.7 Å². The van der Waals surface area contributed by atoms with Gasteiger partial charge in [0.1, 0.15) is 23.7 Å². The summed E-state index contributed by atoms with van der Waals surface area (Å²) in [5, 5.41) is 0. The van der Waals surface area contributed by atoms with Crippen molar-refractivity contribution in [2.24, 2.45) is 0 Å². The van der Waals surface area contributed by atoms with Gasteiger partial charge in [-0.3, -0.25) is 0 Å². The topological polar surface area (TPSA) is 57.3 Å². The molecule has 0 N–H and O–H groups in total. The van der Waals surface area contributed by atoms with Gasteiger partial charge in [-0.2, -0.15) is 0 Å². The van der Waals surface area contributed by atoms with E-state index in [1.807, 2.05) is 12.1 Å². The molecule has 1 atom stereocenters. The predicted octanol–water partition coefficient (Wildman–Crippen LogP) is 8.70. The van der Waals surface area contributed by atoms with Gasteiger partial charge in [-0.1, -0.05) is 102 Å². The number of epoxide rings is 1. The number of carbonyl (C=O) groups excluding carboxylic acids is 1. The zero-order valence-electron chi connectivity index (χ0n) is 24.0. The smallest absolute Gasteiger partial charge is 0.330 e. The first-order chi connectivity index (χ1) is 19.1. The summed E-state index contributed by atoms with van der Waals surface area (Å²) in [7, 11) is 0. The van der Waals surface area contributed by atoms with Crippen LogP contribution in [-0.4, -0.2) is 38.0 Å². The Labute approximate surface area is 235 Å². The standard InChI is InChI=1S/C34H48O5/c1-3-5-6-13-24-34(28-39-34)27-38-32-22-18-30(19-23-32)29-16-20-31(21-17-29)36-25-14-11-9-7-8-10-12-15-26-37-33(35)4-2/h4,16-23H,2-3,5-15,24-28H2,1H3/t34-/m1/s1. The molecule has 1 fully saturated rings. The van der Waals surface area contributed by atoms with E-state index in [1.54, 1.807) is 0 Å². The van der Waals surface area contributed by atoms with E-state index in [1.165, 1.54) is 75.0 Å². The average Bonchev–Trinajstić information content (AvgIpc) is 3.75. The minimum absolute atomic E-state index is 0.0478. The summed E-state index contributed by atoms with van der Waals surface area (Å²) in [6.45, 7) is 8.35. The molecule has 3 rings (SSSR count). The molecule has 0 amide bonds. The number of carbonyl (C=O) groups is 1. The summed E-state index contributed by atoms with van der Waals surface area (Å²) in [6, 6.07) is 16.7. The zero-order valence-corrected chi connectivity index (χ0v) is 24.0. The minimum atomic E-state index is -0.329. The van der Waals surface area contributed by atoms with Crippen molar-refractivity contribution in [3.8, 4) is 22.6 Å². The van der Waals surface area contributed by atoms with Crippen LogP contribution in [0.1, 0.15) is 90.4 Å². The maximum atomic E-state index is 11.0. The maximum Gasteiger partial charge on any atom is 0.330 e. The molecular formula is C34H48O5. The highest BCUT2D eigenvalue weighted by molar-refractivity contribution is 5.81. The van der Waals surface area contributed by atoms with Crippen LogP contribution in [0.25, 0.3) is 11.1 Å². The molecule has 2 aromatic rings. The van der Waals surface area contributed by atoms with Crippen LogP contribution in [-0.2, 0) is 14.3 Å². The third-order valence-corrected chi connectivity index (χ3v) is 7.30. The number of esters is 1. The zero-order chi connectivity index (χ0) is 27.6. The highest BCUT2D eigenvalue weighted by Gasteiger charge is 2.44. The van der Waals surface area contributed by atoms with Gasteiger partial charge in [-0.15, -0.1) is 0 Å². The molecule has 2 aromatic carbocycles. The fraction of sp³-hybridized carbons (Fsp3) is 0.559. The average molecular weight is 537 g/mol. The lowest BCUT2D eigenvalue weighted by atomic mass is 10.0. The first-order valence-corrected chi connectivity index (χ1v) is 15.0. The van der Waals surface area contributed by atoms with E-state index in [2.05, 4.69) is 49.9 Å². The summed E-state index contributed by atoms with van der Waals surface area (Å²) >= 11 is 0. The number of rotatable bonds is 22. The summed E-state index contributed by atoms with van der Waals surface area (Å²) in [4.78, 5) is 11.0. The molecule has 1 aliphatic heterocycles. The number of hydrogen-bond donors (Lipinski definition) is 0. The molecule has 0 bridgehead atoms. The van der Waals surface area contributed by atoms with Gasteiger partial charge in [0.05, 0.1) is 19.8 Å². The highest BCUT2D eigenvalue weighted by atomic mass is 16.6. The van der Waals surface area contributed by atoms with E-state index in [4.69, 9.17) is 18.9 Å². The molecule has 1 saturated heterocycles. The highest BCUT2D eigenvalue weighted by Crippen LogP contribution is 2.34. The lowest BCUT2D eigenvalue weighted by molar-refractivity contribution is -0.137. The molecule has 0 unspecified atom stereocenters. The van der Waals surface area contributed by atoms with Crippen molar-refractivity contribution in [1.29, 1.82) is 0 Å². The third kappa shape index (κ3) is 12.3. The second kappa shape index (κ2) is 17.7. The molecule has 5 nitrogen and oxygen atoms in total. The van der Waals surface area contributed by atoms with E-state index in [9.17, 15) is 4.79 Å². The number of hydrogen-bond acceptors (Lipinski definition) is 5. The minimum Gasteiger partial charge on any atom is -0.494 e. The Balaban J connectivity index is 1.23. The van der Waals surface area contributed by atoms with E-state index in [0.29, 0.717) is 13.2 Å². The number of ether oxygens (including phenoxy) is 4. The van der Waals surface area contributed by atoms with Crippen molar-refractivity contribution in [2.45, 2.75) is 96.0 Å². The molecule has 39 heavy (non-hydrogen) atoms. The Morgan fingerprint density at radius 2 is 1.28 bits per heavy atom. The van der Waals surface area contributed by atoms with Crippen molar-refractivity contribution >= 4 is 5.97 Å². The molecule has 0 aliphatic carbocycles. The second-order valence-corrected chi connectivity index (χ2v) is 10.7. The third-order valence-electron chi connectivity index (χ3n) is 7.30. The predicted molar refractivity (Wildman–Crippen MR) is 158 cm³/mol. The summed E-state index contributed by atoms with van der Waals surface area (Å²) in [6.07, 6.45) is 16.6. The van der Waals surface area contributed by atoms with E-state index in [-0.39, 0.29) is 11.6 Å². The summed E-state index contributed by atoms with van der Waals surface area (Å²) in [5.41, 5.74) is 2.29. The summed E-state index contributed by atoms with van der Waals surface area (Å²) in [5.74, 6) is 1.49. The summed E-state index contributed by atoms with van der Waals surface area (Å²) < 4.78 is 22.7. The Morgan fingerprint density at radius 3 is 1.82 bits per heavy atom. The quantitative estimate of drug-likeness (QED) is 0.0652. The van der Waals surface area contributed by atoms with Crippen LogP contribution < -0.4 is 9.47 Å². The van der Waals surface area contributed by atoms with Crippen LogP contribution in [0.15, 0.2) is 61.2 Å². The largest absolute Gasteiger partial charge is 0.494 e. The fourth-order valence-corrected chi connectivity index (χ4v) is 4.66. The van der Waals surface area contributed by atoms with Gasteiger partial charge in [-0.05, 0) is 54.7 Å². The van der Waals surface area contributed by atoms with Gasteiger partial charge >= 0.3 is 5.97 Å². The van der Waals surface area contributed by atoms with Crippen LogP contribution in [0.5, 0.6) is 11.5 Å². The van der Waals surface area contributed by atoms with Gasteiger partial charge in [-0.25, -0.2) is 4.79 Å². The van der Waals surface area contributed by atoms with Crippen LogP contribution in [0.4, 0.5) is 0 Å². The number of unbranched alkanes of at least 4 members (excludes halogenated alkanes) is 10. The van der Waals surface area contributed by atoms with Crippen LogP contribution in [0.3, 0.4) is 0 Å². The van der Waals surface area contributed by atoms with Gasteiger partial charge in [0, 0.05) is 6.08 Å². The second-order valence-electron chi connectivity index (χ2n) is 10.7. The van der Waals surface area contributed by atoms with E-state index in [0.717, 1.165) is 50.4 Å². The SMILES string of the molecule is C=CC(=O)OCCCCCCCCCCOc1ccc(-c2ccc(OC[C@]3(CCCCCC)CO3)cc2)cc1. The van der Waals surface area contributed by atoms with Crippen molar-refractivity contribution in [1.82, 2.24) is 0 Å². The lowest BCUT2D eigenvalue weighted by Crippen LogP contribution is -2.21. The molecule has 0 saturated carbocycles. The molecule has 1 aliphatic rings. The van der Waals surface area contributed by atoms with Crippen LogP contribution >= 0.6 is 0 Å². The molecule has 214 valence electrons. The fourth-order valence-electron chi connectivity index (χ4n) is 4.66. The Bertz CT molecular complexity index is 947. The molecule has 5 heteroatoms. The normalized spacial score (nSPS) is 16.0. The Kier molecular flexibility index (Phi) is 14.0. The van der Waals surface area contributed by atoms with Crippen molar-refractivity contribution in [2.75, 3.05) is 26.4 Å². The first-order valence-electron chi connectivity index (χ1n) is 15.0. The maximum absolute atomic E-state index is 11.0. The molecule has 0 radical (unpaired) electrons. The van der Waals surface area contributed by atoms with E-state index < -0.39 is 0 Å². The van der Waals surface area contributed by atoms with Gasteiger partial charge in [0.15, 0.2) is 0 Å². The lowest BCUT2D eigenvalue weighted by Gasteiger charge is -2.14. The Morgan fingerprint density at radius 1 is 0.769 bits per heavy atom. The molecular weight excluding hydrogens is 488 g/mol.